The number of esters is 1. The Balaban J connectivity index is 3.20. The zero-order valence-electron chi connectivity index (χ0n) is 12.5. The highest BCUT2D eigenvalue weighted by Crippen LogP contribution is 2.09. The molecule has 0 bridgehead atoms. The van der Waals surface area contributed by atoms with E-state index in [-0.39, 0.29) is 5.97 Å². The topological polar surface area (TPSA) is 26.3 Å². The van der Waals surface area contributed by atoms with Crippen molar-refractivity contribution >= 4 is 5.97 Å². The van der Waals surface area contributed by atoms with Crippen molar-refractivity contribution in [1.29, 1.82) is 0 Å². The second-order valence-electron chi connectivity index (χ2n) is 4.84. The van der Waals surface area contributed by atoms with Crippen LogP contribution in [0.4, 0.5) is 0 Å². The summed E-state index contributed by atoms with van der Waals surface area (Å²) in [5, 5.41) is 0. The summed E-state index contributed by atoms with van der Waals surface area (Å²) < 4.78 is 5.15. The van der Waals surface area contributed by atoms with Crippen molar-refractivity contribution in [2.24, 2.45) is 0 Å². The first-order valence-corrected chi connectivity index (χ1v) is 7.72. The van der Waals surface area contributed by atoms with Crippen molar-refractivity contribution in [2.45, 2.75) is 71.1 Å². The molecular formula is C17H30O2. The highest BCUT2D eigenvalue weighted by atomic mass is 16.5. The number of hydrogen-bond acceptors (Lipinski definition) is 2. The molecule has 0 aliphatic carbocycles. The predicted octanol–water partition coefficient (Wildman–Crippen LogP) is 5.19. The van der Waals surface area contributed by atoms with Crippen LogP contribution in [0.3, 0.4) is 0 Å². The van der Waals surface area contributed by atoms with Gasteiger partial charge in [-0.05, 0) is 32.1 Å². The fourth-order valence-electron chi connectivity index (χ4n) is 1.86. The molecule has 110 valence electrons. The van der Waals surface area contributed by atoms with E-state index in [1.807, 2.05) is 6.08 Å². The molecule has 0 rings (SSSR count). The molecule has 0 amide bonds. The van der Waals surface area contributed by atoms with Gasteiger partial charge in [0, 0.05) is 6.42 Å². The first-order valence-electron chi connectivity index (χ1n) is 7.72. The minimum atomic E-state index is -0.0449. The summed E-state index contributed by atoms with van der Waals surface area (Å²) in [7, 11) is 0. The molecule has 0 aromatic rings. The Hall–Kier alpha value is -1.05. The van der Waals surface area contributed by atoms with Crippen molar-refractivity contribution in [3.63, 3.8) is 0 Å². The third kappa shape index (κ3) is 14.9. The van der Waals surface area contributed by atoms with Gasteiger partial charge in [0.1, 0.15) is 0 Å². The Labute approximate surface area is 118 Å². The molecule has 2 nitrogen and oxygen atoms in total. The second kappa shape index (κ2) is 15.0. The predicted molar refractivity (Wildman–Crippen MR) is 82.1 cm³/mol. The summed E-state index contributed by atoms with van der Waals surface area (Å²) in [5.74, 6) is -0.0449. The van der Waals surface area contributed by atoms with E-state index in [9.17, 15) is 4.79 Å². The van der Waals surface area contributed by atoms with Gasteiger partial charge in [0.15, 0.2) is 0 Å². The molecule has 0 aromatic heterocycles. The maximum absolute atomic E-state index is 11.4. The molecule has 0 aromatic carbocycles. The van der Waals surface area contributed by atoms with Gasteiger partial charge < -0.3 is 4.74 Å². The van der Waals surface area contributed by atoms with Crippen LogP contribution in [0.15, 0.2) is 24.8 Å². The lowest BCUT2D eigenvalue weighted by Crippen LogP contribution is -2.04. The Morgan fingerprint density at radius 3 is 2.37 bits per heavy atom. The van der Waals surface area contributed by atoms with Crippen LogP contribution in [-0.4, -0.2) is 12.6 Å². The molecule has 0 unspecified atom stereocenters. The molecule has 0 heterocycles. The van der Waals surface area contributed by atoms with Crippen molar-refractivity contribution < 1.29 is 9.53 Å². The number of allylic oxidation sites excluding steroid dienone is 2. The summed E-state index contributed by atoms with van der Waals surface area (Å²) in [6, 6.07) is 0. The van der Waals surface area contributed by atoms with Crippen LogP contribution >= 0.6 is 0 Å². The summed E-state index contributed by atoms with van der Waals surface area (Å²) in [6.07, 6.45) is 16.8. The Morgan fingerprint density at radius 1 is 1.00 bits per heavy atom. The molecular weight excluding hydrogens is 236 g/mol. The molecule has 0 radical (unpaired) electrons. The van der Waals surface area contributed by atoms with E-state index < -0.39 is 0 Å². The van der Waals surface area contributed by atoms with Crippen molar-refractivity contribution in [2.75, 3.05) is 6.61 Å². The summed E-state index contributed by atoms with van der Waals surface area (Å²) in [6.45, 7) is 6.33. The lowest BCUT2D eigenvalue weighted by Gasteiger charge is -2.03. The summed E-state index contributed by atoms with van der Waals surface area (Å²) in [5.41, 5.74) is 0. The van der Waals surface area contributed by atoms with Crippen LogP contribution in [0.1, 0.15) is 71.1 Å². The van der Waals surface area contributed by atoms with Gasteiger partial charge in [-0.3, -0.25) is 4.79 Å². The lowest BCUT2D eigenvalue weighted by molar-refractivity contribution is -0.143. The van der Waals surface area contributed by atoms with Crippen LogP contribution in [0.25, 0.3) is 0 Å². The first kappa shape index (κ1) is 17.9. The molecule has 0 fully saturated rings. The van der Waals surface area contributed by atoms with Gasteiger partial charge in [-0.15, -0.1) is 6.58 Å². The molecule has 19 heavy (non-hydrogen) atoms. The van der Waals surface area contributed by atoms with Gasteiger partial charge in [-0.2, -0.15) is 0 Å². The van der Waals surface area contributed by atoms with Crippen LogP contribution in [-0.2, 0) is 9.53 Å². The van der Waals surface area contributed by atoms with Crippen LogP contribution < -0.4 is 0 Å². The third-order valence-electron chi connectivity index (χ3n) is 2.99. The number of ether oxygens (including phenoxy) is 1. The Morgan fingerprint density at radius 2 is 1.68 bits per heavy atom. The fourth-order valence-corrected chi connectivity index (χ4v) is 1.86. The van der Waals surface area contributed by atoms with E-state index in [0.717, 1.165) is 32.1 Å². The zero-order chi connectivity index (χ0) is 14.2. The number of hydrogen-bond donors (Lipinski definition) is 0. The smallest absolute Gasteiger partial charge is 0.305 e. The highest BCUT2D eigenvalue weighted by molar-refractivity contribution is 5.69. The van der Waals surface area contributed by atoms with Gasteiger partial charge in [0.2, 0.25) is 0 Å². The normalized spacial score (nSPS) is 10.8. The number of carbonyl (C=O) groups is 1. The maximum atomic E-state index is 11.4. The first-order chi connectivity index (χ1) is 9.31. The van der Waals surface area contributed by atoms with E-state index in [1.165, 1.54) is 25.7 Å². The minimum Gasteiger partial charge on any atom is -0.465 e. The van der Waals surface area contributed by atoms with Gasteiger partial charge >= 0.3 is 5.97 Å². The van der Waals surface area contributed by atoms with E-state index in [2.05, 4.69) is 25.7 Å². The molecule has 0 aliphatic rings. The summed E-state index contributed by atoms with van der Waals surface area (Å²) >= 11 is 0. The monoisotopic (exact) mass is 266 g/mol. The van der Waals surface area contributed by atoms with Crippen LogP contribution in [0, 0.1) is 0 Å². The highest BCUT2D eigenvalue weighted by Gasteiger charge is 2.01. The van der Waals surface area contributed by atoms with Crippen molar-refractivity contribution in [3.8, 4) is 0 Å². The van der Waals surface area contributed by atoms with Crippen LogP contribution in [0.2, 0.25) is 0 Å². The zero-order valence-corrected chi connectivity index (χ0v) is 12.5. The lowest BCUT2D eigenvalue weighted by atomic mass is 10.1. The molecule has 0 saturated heterocycles. The van der Waals surface area contributed by atoms with E-state index in [0.29, 0.717) is 13.0 Å². The van der Waals surface area contributed by atoms with E-state index in [1.54, 1.807) is 0 Å². The molecule has 0 N–H and O–H groups in total. The van der Waals surface area contributed by atoms with Gasteiger partial charge in [-0.25, -0.2) is 0 Å². The fraction of sp³-hybridized carbons (Fsp3) is 0.706. The Bertz CT molecular complexity index is 244. The third-order valence-corrected chi connectivity index (χ3v) is 2.99. The minimum absolute atomic E-state index is 0.0449. The van der Waals surface area contributed by atoms with Crippen molar-refractivity contribution in [3.05, 3.63) is 24.8 Å². The average Bonchev–Trinajstić information content (AvgIpc) is 2.41. The Kier molecular flexibility index (Phi) is 14.2. The molecule has 0 aliphatic heterocycles. The maximum Gasteiger partial charge on any atom is 0.305 e. The molecule has 0 saturated carbocycles. The van der Waals surface area contributed by atoms with Gasteiger partial charge in [0.05, 0.1) is 6.61 Å². The summed E-state index contributed by atoms with van der Waals surface area (Å²) in [4.78, 5) is 11.4. The second-order valence-corrected chi connectivity index (χ2v) is 4.84. The van der Waals surface area contributed by atoms with Gasteiger partial charge in [-0.1, -0.05) is 50.8 Å². The number of rotatable bonds is 13. The van der Waals surface area contributed by atoms with Crippen LogP contribution in [0.5, 0.6) is 0 Å². The quantitative estimate of drug-likeness (QED) is 0.260. The standard InChI is InChI=1S/C17H30O2/c1-3-5-7-9-10-11-12-13-15-17(18)19-16-14-8-6-4-2/h3,6,8H,1,4-5,7,9-16H2,2H3/b8-6+. The van der Waals surface area contributed by atoms with E-state index in [4.69, 9.17) is 4.74 Å². The number of unbranched alkanes of at least 4 members (excludes halogenated alkanes) is 6. The average molecular weight is 266 g/mol. The largest absolute Gasteiger partial charge is 0.465 e. The number of carbonyl (C=O) groups excluding carboxylic acids is 1. The van der Waals surface area contributed by atoms with Gasteiger partial charge in [0.25, 0.3) is 0 Å². The molecule has 0 spiro atoms. The molecule has 2 heteroatoms. The van der Waals surface area contributed by atoms with Crippen molar-refractivity contribution in [1.82, 2.24) is 0 Å². The SMILES string of the molecule is C=CCCCCCCCCC(=O)OCC/C=C/CC. The molecule has 0 atom stereocenters. The van der Waals surface area contributed by atoms with E-state index >= 15 is 0 Å².